The summed E-state index contributed by atoms with van der Waals surface area (Å²) >= 11 is 4.92. The van der Waals surface area contributed by atoms with Gasteiger partial charge in [0.05, 0.1) is 15.8 Å². The first kappa shape index (κ1) is 13.3. The molecule has 2 rings (SSSR count). The highest BCUT2D eigenvalue weighted by atomic mass is 79.9. The molecule has 94 valence electrons. The lowest BCUT2D eigenvalue weighted by atomic mass is 10.0. The average molecular weight is 325 g/mol. The van der Waals surface area contributed by atoms with Gasteiger partial charge in [-0.15, -0.1) is 11.3 Å². The third-order valence-corrected chi connectivity index (χ3v) is 4.89. The molecule has 0 aliphatic heterocycles. The van der Waals surface area contributed by atoms with Crippen molar-refractivity contribution in [2.24, 2.45) is 0 Å². The summed E-state index contributed by atoms with van der Waals surface area (Å²) in [5.74, 6) is 0.835. The Hall–Kier alpha value is -1.13. The van der Waals surface area contributed by atoms with Crippen LogP contribution < -0.4 is 4.74 Å². The Morgan fingerprint density at radius 2 is 1.94 bits per heavy atom. The summed E-state index contributed by atoms with van der Waals surface area (Å²) in [6.45, 7) is 3.91. The first-order valence-corrected chi connectivity index (χ1v) is 7.09. The van der Waals surface area contributed by atoms with Crippen LogP contribution in [0.25, 0.3) is 0 Å². The maximum absolute atomic E-state index is 12.4. The predicted molar refractivity (Wildman–Crippen MR) is 77.9 cm³/mol. The van der Waals surface area contributed by atoms with E-state index in [-0.39, 0.29) is 5.78 Å². The van der Waals surface area contributed by atoms with Gasteiger partial charge in [-0.25, -0.2) is 0 Å². The van der Waals surface area contributed by atoms with Crippen molar-refractivity contribution in [1.82, 2.24) is 0 Å². The lowest BCUT2D eigenvalue weighted by Gasteiger charge is -2.06. The predicted octanol–water partition coefficient (Wildman–Crippen LogP) is 4.37. The van der Waals surface area contributed by atoms with Crippen LogP contribution in [0.1, 0.15) is 26.4 Å². The monoisotopic (exact) mass is 324 g/mol. The summed E-state index contributed by atoms with van der Waals surface area (Å²) in [7, 11) is 1.62. The Morgan fingerprint density at radius 3 is 2.44 bits per heavy atom. The summed E-state index contributed by atoms with van der Waals surface area (Å²) in [4.78, 5) is 13.1. The smallest absolute Gasteiger partial charge is 0.203 e. The summed E-state index contributed by atoms with van der Waals surface area (Å²) in [6, 6.07) is 7.43. The number of aryl methyl sites for hydroxylation is 2. The van der Waals surface area contributed by atoms with Gasteiger partial charge in [0.1, 0.15) is 5.75 Å². The molecule has 0 spiro atoms. The van der Waals surface area contributed by atoms with Crippen molar-refractivity contribution in [1.29, 1.82) is 0 Å². The van der Waals surface area contributed by atoms with E-state index in [1.54, 1.807) is 7.11 Å². The van der Waals surface area contributed by atoms with Crippen LogP contribution in [0.15, 0.2) is 28.1 Å². The molecule has 1 aromatic carbocycles. The van der Waals surface area contributed by atoms with Gasteiger partial charge in [0.25, 0.3) is 0 Å². The molecule has 4 heteroatoms. The molecule has 0 unspecified atom stereocenters. The van der Waals surface area contributed by atoms with E-state index in [1.807, 2.05) is 38.1 Å². The van der Waals surface area contributed by atoms with Crippen molar-refractivity contribution in [2.45, 2.75) is 13.8 Å². The molecular weight excluding hydrogens is 312 g/mol. The van der Waals surface area contributed by atoms with Crippen LogP contribution in [-0.2, 0) is 0 Å². The first-order valence-electron chi connectivity index (χ1n) is 5.48. The number of carbonyl (C=O) groups excluding carboxylic acids is 1. The Kier molecular flexibility index (Phi) is 3.88. The van der Waals surface area contributed by atoms with Gasteiger partial charge in [0, 0.05) is 5.56 Å². The molecule has 0 atom stereocenters. The van der Waals surface area contributed by atoms with Crippen LogP contribution >= 0.6 is 27.3 Å². The van der Waals surface area contributed by atoms with Gasteiger partial charge in [-0.1, -0.05) is 0 Å². The summed E-state index contributed by atoms with van der Waals surface area (Å²) in [5.41, 5.74) is 2.75. The maximum Gasteiger partial charge on any atom is 0.203 e. The van der Waals surface area contributed by atoms with Crippen molar-refractivity contribution in [3.05, 3.63) is 49.6 Å². The topological polar surface area (TPSA) is 26.3 Å². The van der Waals surface area contributed by atoms with Crippen molar-refractivity contribution in [3.63, 3.8) is 0 Å². The Morgan fingerprint density at radius 1 is 1.22 bits per heavy atom. The van der Waals surface area contributed by atoms with E-state index in [4.69, 9.17) is 4.74 Å². The molecule has 0 aliphatic carbocycles. The highest BCUT2D eigenvalue weighted by Gasteiger charge is 2.15. The van der Waals surface area contributed by atoms with Crippen LogP contribution in [0.3, 0.4) is 0 Å². The van der Waals surface area contributed by atoms with Crippen LogP contribution in [0.4, 0.5) is 0 Å². The Bertz CT molecular complexity index is 582. The molecule has 0 radical (unpaired) electrons. The molecule has 0 saturated heterocycles. The van der Waals surface area contributed by atoms with Gasteiger partial charge in [0.15, 0.2) is 0 Å². The number of benzene rings is 1. The molecule has 1 aromatic heterocycles. The van der Waals surface area contributed by atoms with E-state index in [9.17, 15) is 4.79 Å². The minimum Gasteiger partial charge on any atom is -0.497 e. The van der Waals surface area contributed by atoms with E-state index >= 15 is 0 Å². The summed E-state index contributed by atoms with van der Waals surface area (Å²) < 4.78 is 6.15. The zero-order chi connectivity index (χ0) is 13.3. The van der Waals surface area contributed by atoms with Crippen molar-refractivity contribution >= 4 is 33.0 Å². The van der Waals surface area contributed by atoms with Crippen molar-refractivity contribution in [3.8, 4) is 5.75 Å². The fourth-order valence-electron chi connectivity index (χ4n) is 1.72. The zero-order valence-corrected chi connectivity index (χ0v) is 12.8. The number of halogens is 1. The third kappa shape index (κ3) is 2.49. The summed E-state index contributed by atoms with van der Waals surface area (Å²) in [5, 5.41) is 0. The Labute approximate surface area is 119 Å². The van der Waals surface area contributed by atoms with E-state index in [1.165, 1.54) is 11.3 Å². The molecule has 0 amide bonds. The van der Waals surface area contributed by atoms with Gasteiger partial charge in [-0.05, 0) is 65.2 Å². The second-order valence-electron chi connectivity index (χ2n) is 4.08. The second kappa shape index (κ2) is 5.24. The number of hydrogen-bond donors (Lipinski definition) is 0. The molecule has 2 aromatic rings. The van der Waals surface area contributed by atoms with Gasteiger partial charge >= 0.3 is 0 Å². The number of carbonyl (C=O) groups is 1. The largest absolute Gasteiger partial charge is 0.497 e. The quantitative estimate of drug-likeness (QED) is 0.784. The molecule has 0 fully saturated rings. The normalized spacial score (nSPS) is 10.4. The SMILES string of the molecule is COc1ccc(C(=O)c2cc(C)c(Br)s2)c(C)c1. The second-order valence-corrected chi connectivity index (χ2v) is 6.45. The standard InChI is InChI=1S/C14H13BrO2S/c1-8-6-10(17-3)4-5-11(8)13(16)12-7-9(2)14(15)18-12/h4-7H,1-3H3. The van der Waals surface area contributed by atoms with Gasteiger partial charge in [-0.3, -0.25) is 4.79 Å². The molecular formula is C14H13BrO2S. The van der Waals surface area contributed by atoms with Crippen molar-refractivity contribution in [2.75, 3.05) is 7.11 Å². The number of hydrogen-bond acceptors (Lipinski definition) is 3. The number of methoxy groups -OCH3 is 1. The third-order valence-electron chi connectivity index (χ3n) is 2.76. The molecule has 0 N–H and O–H groups in total. The molecule has 0 bridgehead atoms. The van der Waals surface area contributed by atoms with Crippen LogP contribution in [0.2, 0.25) is 0 Å². The summed E-state index contributed by atoms with van der Waals surface area (Å²) in [6.07, 6.45) is 0. The Balaban J connectivity index is 2.40. The molecule has 2 nitrogen and oxygen atoms in total. The van der Waals surface area contributed by atoms with E-state index < -0.39 is 0 Å². The van der Waals surface area contributed by atoms with Crippen molar-refractivity contribution < 1.29 is 9.53 Å². The van der Waals surface area contributed by atoms with Gasteiger partial charge in [-0.2, -0.15) is 0 Å². The number of thiophene rings is 1. The number of rotatable bonds is 3. The minimum atomic E-state index is 0.0638. The molecule has 1 heterocycles. The lowest BCUT2D eigenvalue weighted by molar-refractivity contribution is 0.104. The van der Waals surface area contributed by atoms with E-state index in [0.717, 1.165) is 31.1 Å². The van der Waals surface area contributed by atoms with E-state index in [0.29, 0.717) is 0 Å². The highest BCUT2D eigenvalue weighted by Crippen LogP contribution is 2.30. The maximum atomic E-state index is 12.4. The van der Waals surface area contributed by atoms with Crippen LogP contribution in [-0.4, -0.2) is 12.9 Å². The van der Waals surface area contributed by atoms with Gasteiger partial charge in [0.2, 0.25) is 5.78 Å². The molecule has 18 heavy (non-hydrogen) atoms. The fraction of sp³-hybridized carbons (Fsp3) is 0.214. The fourth-order valence-corrected chi connectivity index (χ4v) is 3.21. The number of ether oxygens (including phenoxy) is 1. The molecule has 0 saturated carbocycles. The number of ketones is 1. The highest BCUT2D eigenvalue weighted by molar-refractivity contribution is 9.11. The van der Waals surface area contributed by atoms with Crippen LogP contribution in [0.5, 0.6) is 5.75 Å². The zero-order valence-electron chi connectivity index (χ0n) is 10.4. The average Bonchev–Trinajstić information content (AvgIpc) is 2.68. The first-order chi connectivity index (χ1) is 8.52. The van der Waals surface area contributed by atoms with Crippen LogP contribution in [0, 0.1) is 13.8 Å². The molecule has 0 aliphatic rings. The lowest BCUT2D eigenvalue weighted by Crippen LogP contribution is -2.01. The van der Waals surface area contributed by atoms with Gasteiger partial charge < -0.3 is 4.74 Å². The van der Waals surface area contributed by atoms with E-state index in [2.05, 4.69) is 15.9 Å². The minimum absolute atomic E-state index is 0.0638.